The second kappa shape index (κ2) is 8.12. The van der Waals surface area contributed by atoms with Gasteiger partial charge in [-0.3, -0.25) is 4.79 Å². The zero-order valence-electron chi connectivity index (χ0n) is 15.3. The number of aliphatic hydroxyl groups is 1. The maximum Gasteiger partial charge on any atom is 0.306 e. The number of nitrogens with one attached hydrogen (secondary N) is 1. The quantitative estimate of drug-likeness (QED) is 0.284. The van der Waals surface area contributed by atoms with Gasteiger partial charge in [0.05, 0.1) is 32.7 Å². The van der Waals surface area contributed by atoms with Gasteiger partial charge < -0.3 is 14.8 Å². The Morgan fingerprint density at radius 2 is 1.90 bits per heavy atom. The molecule has 0 aliphatic heterocycles. The molecule has 0 unspecified atom stereocenters. The largest absolute Gasteiger partial charge is 0.507 e. The minimum absolute atomic E-state index is 0.0554. The molecule has 4 aromatic rings. The first-order valence-electron chi connectivity index (χ1n) is 8.91. The Hall–Kier alpha value is -3.70. The number of fused-ring (bicyclic) bond motifs is 2. The molecular formula is C21H16N4O3S. The summed E-state index contributed by atoms with van der Waals surface area (Å²) in [7, 11) is 0. The molecule has 0 bridgehead atoms. The van der Waals surface area contributed by atoms with E-state index in [1.807, 2.05) is 48.5 Å². The van der Waals surface area contributed by atoms with Crippen LogP contribution in [0.4, 0.5) is 0 Å². The molecule has 2 aromatic heterocycles. The minimum Gasteiger partial charge on any atom is -0.507 e. The van der Waals surface area contributed by atoms with E-state index in [0.717, 1.165) is 20.7 Å². The van der Waals surface area contributed by atoms with Crippen molar-refractivity contribution < 1.29 is 14.6 Å². The SMILES string of the molecule is N#C/C(=C(\O)COC(=O)CCc1nc2ccccc2s1)c1nc2ccccc2[nH]1. The van der Waals surface area contributed by atoms with Gasteiger partial charge in [0, 0.05) is 6.42 Å². The van der Waals surface area contributed by atoms with Gasteiger partial charge in [-0.1, -0.05) is 24.3 Å². The lowest BCUT2D eigenvalue weighted by Gasteiger charge is -2.05. The van der Waals surface area contributed by atoms with E-state index >= 15 is 0 Å². The molecule has 2 N–H and O–H groups in total. The molecule has 0 saturated heterocycles. The Bertz CT molecular complexity index is 1200. The van der Waals surface area contributed by atoms with Gasteiger partial charge in [-0.25, -0.2) is 9.97 Å². The zero-order valence-corrected chi connectivity index (χ0v) is 16.1. The van der Waals surface area contributed by atoms with Crippen molar-refractivity contribution in [2.45, 2.75) is 12.8 Å². The number of para-hydroxylation sites is 3. The first-order chi connectivity index (χ1) is 14.1. The fourth-order valence-electron chi connectivity index (χ4n) is 2.85. The van der Waals surface area contributed by atoms with Gasteiger partial charge in [-0.15, -0.1) is 11.3 Å². The molecule has 0 radical (unpaired) electrons. The van der Waals surface area contributed by atoms with Crippen LogP contribution < -0.4 is 0 Å². The normalized spacial score (nSPS) is 12.0. The van der Waals surface area contributed by atoms with Crippen molar-refractivity contribution in [1.82, 2.24) is 15.0 Å². The summed E-state index contributed by atoms with van der Waals surface area (Å²) in [5.74, 6) is -0.589. The summed E-state index contributed by atoms with van der Waals surface area (Å²) in [6.07, 6.45) is 0.594. The van der Waals surface area contributed by atoms with Crippen LogP contribution in [-0.4, -0.2) is 32.6 Å². The highest BCUT2D eigenvalue weighted by atomic mass is 32.1. The predicted molar refractivity (Wildman–Crippen MR) is 110 cm³/mol. The molecule has 0 aliphatic rings. The van der Waals surface area contributed by atoms with Crippen molar-refractivity contribution in [1.29, 1.82) is 5.26 Å². The number of aliphatic hydroxyl groups excluding tert-OH is 1. The highest BCUT2D eigenvalue weighted by Gasteiger charge is 2.15. The summed E-state index contributed by atoms with van der Waals surface area (Å²) < 4.78 is 6.19. The predicted octanol–water partition coefficient (Wildman–Crippen LogP) is 4.14. The molecular weight excluding hydrogens is 388 g/mol. The number of benzene rings is 2. The first-order valence-corrected chi connectivity index (χ1v) is 9.73. The van der Waals surface area contributed by atoms with Crippen LogP contribution >= 0.6 is 11.3 Å². The lowest BCUT2D eigenvalue weighted by molar-refractivity contribution is -0.143. The summed E-state index contributed by atoms with van der Waals surface area (Å²) in [6.45, 7) is -0.390. The van der Waals surface area contributed by atoms with E-state index < -0.39 is 12.6 Å². The van der Waals surface area contributed by atoms with E-state index in [4.69, 9.17) is 4.74 Å². The number of nitrogens with zero attached hydrogens (tertiary/aromatic N) is 3. The third-order valence-electron chi connectivity index (χ3n) is 4.28. The average molecular weight is 404 g/mol. The van der Waals surface area contributed by atoms with Crippen molar-refractivity contribution in [3.63, 3.8) is 0 Å². The van der Waals surface area contributed by atoms with Crippen LogP contribution in [0.5, 0.6) is 0 Å². The van der Waals surface area contributed by atoms with Gasteiger partial charge in [0.1, 0.15) is 18.2 Å². The summed E-state index contributed by atoms with van der Waals surface area (Å²) in [5.41, 5.74) is 2.28. The number of hydrogen-bond acceptors (Lipinski definition) is 7. The monoisotopic (exact) mass is 404 g/mol. The number of ether oxygens (including phenoxy) is 1. The van der Waals surface area contributed by atoms with Crippen LogP contribution in [0.2, 0.25) is 0 Å². The number of hydrogen-bond donors (Lipinski definition) is 2. The molecule has 29 heavy (non-hydrogen) atoms. The number of imidazole rings is 1. The fraction of sp³-hybridized carbons (Fsp3) is 0.143. The number of H-pyrrole nitrogens is 1. The molecule has 7 nitrogen and oxygen atoms in total. The molecule has 0 aliphatic carbocycles. The van der Waals surface area contributed by atoms with Crippen LogP contribution in [0.25, 0.3) is 26.8 Å². The van der Waals surface area contributed by atoms with E-state index in [9.17, 15) is 15.2 Å². The number of allylic oxidation sites excluding steroid dienone is 1. The van der Waals surface area contributed by atoms with Gasteiger partial charge in [-0.2, -0.15) is 5.26 Å². The number of aromatic amines is 1. The third kappa shape index (κ3) is 4.10. The summed E-state index contributed by atoms with van der Waals surface area (Å²) in [5, 5.41) is 20.5. The molecule has 0 fully saturated rings. The average Bonchev–Trinajstić information content (AvgIpc) is 3.34. The molecule has 4 rings (SSSR count). The second-order valence-corrected chi connectivity index (χ2v) is 7.39. The zero-order chi connectivity index (χ0) is 20.2. The Kier molecular flexibility index (Phi) is 5.22. The van der Waals surface area contributed by atoms with E-state index in [1.54, 1.807) is 6.07 Å². The van der Waals surface area contributed by atoms with Gasteiger partial charge in [0.15, 0.2) is 11.6 Å². The highest BCUT2D eigenvalue weighted by molar-refractivity contribution is 7.18. The Morgan fingerprint density at radius 1 is 1.14 bits per heavy atom. The molecule has 0 amide bonds. The van der Waals surface area contributed by atoms with Gasteiger partial charge in [0.2, 0.25) is 0 Å². The van der Waals surface area contributed by atoms with E-state index in [0.29, 0.717) is 11.9 Å². The minimum atomic E-state index is -0.474. The summed E-state index contributed by atoms with van der Waals surface area (Å²) in [4.78, 5) is 23.8. The maximum atomic E-state index is 12.0. The molecule has 2 aromatic carbocycles. The molecule has 2 heterocycles. The summed E-state index contributed by atoms with van der Waals surface area (Å²) >= 11 is 1.54. The fourth-order valence-corrected chi connectivity index (χ4v) is 3.82. The van der Waals surface area contributed by atoms with E-state index in [-0.39, 0.29) is 23.6 Å². The molecule has 0 spiro atoms. The number of esters is 1. The van der Waals surface area contributed by atoms with Crippen LogP contribution in [0, 0.1) is 11.3 Å². The summed E-state index contributed by atoms with van der Waals surface area (Å²) in [6, 6.07) is 17.0. The Labute approximate surface area is 169 Å². The van der Waals surface area contributed by atoms with Crippen molar-refractivity contribution in [2.75, 3.05) is 6.61 Å². The number of carbonyl (C=O) groups excluding carboxylic acids is 1. The second-order valence-electron chi connectivity index (χ2n) is 6.27. The van der Waals surface area contributed by atoms with Crippen LogP contribution in [0.1, 0.15) is 17.3 Å². The lowest BCUT2D eigenvalue weighted by atomic mass is 10.2. The molecule has 0 atom stereocenters. The Morgan fingerprint density at radius 3 is 2.66 bits per heavy atom. The molecule has 8 heteroatoms. The number of rotatable bonds is 6. The lowest BCUT2D eigenvalue weighted by Crippen LogP contribution is -2.09. The number of aryl methyl sites for hydroxylation is 1. The molecule has 144 valence electrons. The number of carbonyl (C=O) groups is 1. The smallest absolute Gasteiger partial charge is 0.306 e. The highest BCUT2D eigenvalue weighted by Crippen LogP contribution is 2.23. The van der Waals surface area contributed by atoms with E-state index in [2.05, 4.69) is 15.0 Å². The maximum absolute atomic E-state index is 12.0. The van der Waals surface area contributed by atoms with Crippen molar-refractivity contribution in [3.05, 3.63) is 65.1 Å². The van der Waals surface area contributed by atoms with Crippen molar-refractivity contribution >= 4 is 44.1 Å². The number of nitriles is 1. The van der Waals surface area contributed by atoms with Gasteiger partial charge in [-0.05, 0) is 24.3 Å². The molecule has 0 saturated carbocycles. The Balaban J connectivity index is 1.38. The first kappa shape index (κ1) is 18.7. The van der Waals surface area contributed by atoms with Crippen molar-refractivity contribution in [2.24, 2.45) is 0 Å². The third-order valence-corrected chi connectivity index (χ3v) is 5.37. The van der Waals surface area contributed by atoms with Crippen LogP contribution in [0.3, 0.4) is 0 Å². The standard InChI is InChI=1S/C21H16N4O3S/c22-11-13(21-24-14-5-1-2-6-15(14)25-21)17(26)12-28-20(27)10-9-19-23-16-7-3-4-8-18(16)29-19/h1-8,26H,9-10,12H2,(H,24,25)/b17-13+. The van der Waals surface area contributed by atoms with Gasteiger partial charge in [0.25, 0.3) is 0 Å². The van der Waals surface area contributed by atoms with Crippen molar-refractivity contribution in [3.8, 4) is 6.07 Å². The van der Waals surface area contributed by atoms with E-state index in [1.165, 1.54) is 11.3 Å². The van der Waals surface area contributed by atoms with Crippen LogP contribution in [-0.2, 0) is 16.0 Å². The number of thiazole rings is 1. The number of aromatic nitrogens is 3. The van der Waals surface area contributed by atoms with Crippen LogP contribution in [0.15, 0.2) is 54.3 Å². The van der Waals surface area contributed by atoms with Gasteiger partial charge >= 0.3 is 5.97 Å². The topological polar surface area (TPSA) is 112 Å².